The summed E-state index contributed by atoms with van der Waals surface area (Å²) in [5, 5.41) is 9.28. The second-order valence-corrected chi connectivity index (χ2v) is 3.73. The van der Waals surface area contributed by atoms with Crippen molar-refractivity contribution in [1.82, 2.24) is 0 Å². The number of nitrogens with zero attached hydrogens (tertiary/aromatic N) is 1. The standard InChI is InChI=1S/C9H7BrClNO/c1-13-9(5-12)7-4-6(10)2-3-8(7)11/h2-4,9H,1H3. The van der Waals surface area contributed by atoms with E-state index in [-0.39, 0.29) is 0 Å². The largest absolute Gasteiger partial charge is 0.362 e. The third kappa shape index (κ3) is 2.44. The summed E-state index contributed by atoms with van der Waals surface area (Å²) in [6.45, 7) is 0. The number of hydrogen-bond acceptors (Lipinski definition) is 2. The van der Waals surface area contributed by atoms with Crippen LogP contribution >= 0.6 is 27.5 Å². The van der Waals surface area contributed by atoms with Gasteiger partial charge < -0.3 is 4.74 Å². The van der Waals surface area contributed by atoms with Crippen LogP contribution in [0.1, 0.15) is 11.7 Å². The zero-order valence-electron chi connectivity index (χ0n) is 6.92. The monoisotopic (exact) mass is 259 g/mol. The Kier molecular flexibility index (Phi) is 3.73. The number of nitriles is 1. The molecule has 1 aromatic carbocycles. The fourth-order valence-electron chi connectivity index (χ4n) is 0.965. The van der Waals surface area contributed by atoms with Crippen LogP contribution in [0.5, 0.6) is 0 Å². The summed E-state index contributed by atoms with van der Waals surface area (Å²) >= 11 is 9.20. The molecule has 1 unspecified atom stereocenters. The van der Waals surface area contributed by atoms with Gasteiger partial charge in [-0.3, -0.25) is 0 Å². The Balaban J connectivity index is 3.13. The molecule has 0 aliphatic carbocycles. The van der Waals surface area contributed by atoms with Crippen LogP contribution in [-0.2, 0) is 4.74 Å². The van der Waals surface area contributed by atoms with Crippen LogP contribution in [-0.4, -0.2) is 7.11 Å². The molecule has 0 spiro atoms. The molecule has 0 aliphatic heterocycles. The Morgan fingerprint density at radius 3 is 2.85 bits per heavy atom. The van der Waals surface area contributed by atoms with Crippen LogP contribution in [0.25, 0.3) is 0 Å². The second-order valence-electron chi connectivity index (χ2n) is 2.41. The fourth-order valence-corrected chi connectivity index (χ4v) is 1.56. The predicted octanol–water partition coefficient (Wildman–Crippen LogP) is 3.31. The first kappa shape index (κ1) is 10.5. The highest BCUT2D eigenvalue weighted by atomic mass is 79.9. The van der Waals surface area contributed by atoms with Gasteiger partial charge >= 0.3 is 0 Å². The van der Waals surface area contributed by atoms with E-state index >= 15 is 0 Å². The van der Waals surface area contributed by atoms with Crippen molar-refractivity contribution < 1.29 is 4.74 Å². The molecule has 0 N–H and O–H groups in total. The number of ether oxygens (including phenoxy) is 1. The van der Waals surface area contributed by atoms with Gasteiger partial charge in [-0.2, -0.15) is 5.26 Å². The van der Waals surface area contributed by atoms with E-state index in [1.165, 1.54) is 7.11 Å². The summed E-state index contributed by atoms with van der Waals surface area (Å²) in [6, 6.07) is 7.33. The van der Waals surface area contributed by atoms with Crippen molar-refractivity contribution in [3.63, 3.8) is 0 Å². The van der Waals surface area contributed by atoms with Gasteiger partial charge in [-0.25, -0.2) is 0 Å². The van der Waals surface area contributed by atoms with Crippen LogP contribution in [0.4, 0.5) is 0 Å². The van der Waals surface area contributed by atoms with Gasteiger partial charge in [0.25, 0.3) is 0 Å². The quantitative estimate of drug-likeness (QED) is 0.817. The minimum absolute atomic E-state index is 0.539. The van der Waals surface area contributed by atoms with Crippen LogP contribution in [0.3, 0.4) is 0 Å². The maximum atomic E-state index is 8.75. The molecule has 0 saturated carbocycles. The second kappa shape index (κ2) is 4.61. The van der Waals surface area contributed by atoms with E-state index in [0.29, 0.717) is 10.6 Å². The Labute approximate surface area is 90.2 Å². The number of benzene rings is 1. The van der Waals surface area contributed by atoms with E-state index in [1.54, 1.807) is 12.1 Å². The molecular formula is C9H7BrClNO. The summed E-state index contributed by atoms with van der Waals surface area (Å²) in [6.07, 6.45) is -0.606. The van der Waals surface area contributed by atoms with Gasteiger partial charge in [-0.1, -0.05) is 27.5 Å². The maximum Gasteiger partial charge on any atom is 0.170 e. The van der Waals surface area contributed by atoms with Crippen molar-refractivity contribution in [3.8, 4) is 6.07 Å². The van der Waals surface area contributed by atoms with Gasteiger partial charge in [0.05, 0.1) is 6.07 Å². The Hall–Kier alpha value is -0.560. The van der Waals surface area contributed by atoms with E-state index in [0.717, 1.165) is 4.47 Å². The molecule has 0 heterocycles. The molecule has 0 fully saturated rings. The first-order valence-corrected chi connectivity index (χ1v) is 4.73. The molecule has 0 bridgehead atoms. The molecule has 0 saturated heterocycles. The predicted molar refractivity (Wildman–Crippen MR) is 54.5 cm³/mol. The molecule has 0 amide bonds. The van der Waals surface area contributed by atoms with Crippen LogP contribution in [0, 0.1) is 11.3 Å². The molecule has 4 heteroatoms. The summed E-state index contributed by atoms with van der Waals surface area (Å²) in [5.41, 5.74) is 0.682. The van der Waals surface area contributed by atoms with E-state index in [2.05, 4.69) is 15.9 Å². The van der Waals surface area contributed by atoms with Crippen LogP contribution < -0.4 is 0 Å². The van der Waals surface area contributed by atoms with Crippen molar-refractivity contribution in [2.75, 3.05) is 7.11 Å². The highest BCUT2D eigenvalue weighted by molar-refractivity contribution is 9.10. The molecule has 0 aromatic heterocycles. The van der Waals surface area contributed by atoms with Crippen molar-refractivity contribution in [2.45, 2.75) is 6.10 Å². The van der Waals surface area contributed by atoms with Crippen LogP contribution in [0.15, 0.2) is 22.7 Å². The first-order chi connectivity index (χ1) is 6.19. The highest BCUT2D eigenvalue weighted by Crippen LogP contribution is 2.27. The molecule has 1 rings (SSSR count). The lowest BCUT2D eigenvalue weighted by Gasteiger charge is -2.09. The van der Waals surface area contributed by atoms with Crippen molar-refractivity contribution in [2.24, 2.45) is 0 Å². The maximum absolute atomic E-state index is 8.75. The smallest absolute Gasteiger partial charge is 0.170 e. The third-order valence-electron chi connectivity index (χ3n) is 1.59. The van der Waals surface area contributed by atoms with Crippen LogP contribution in [0.2, 0.25) is 5.02 Å². The number of halogens is 2. The van der Waals surface area contributed by atoms with Gasteiger partial charge in [0.1, 0.15) is 0 Å². The molecule has 68 valence electrons. The lowest BCUT2D eigenvalue weighted by Crippen LogP contribution is -1.98. The van der Waals surface area contributed by atoms with Crippen molar-refractivity contribution in [3.05, 3.63) is 33.3 Å². The van der Waals surface area contributed by atoms with Gasteiger partial charge in [0, 0.05) is 22.2 Å². The Morgan fingerprint density at radius 1 is 1.62 bits per heavy atom. The minimum atomic E-state index is -0.606. The van der Waals surface area contributed by atoms with E-state index in [4.69, 9.17) is 21.6 Å². The first-order valence-electron chi connectivity index (χ1n) is 3.56. The molecule has 0 aliphatic rings. The van der Waals surface area contributed by atoms with Gasteiger partial charge in [0.2, 0.25) is 0 Å². The highest BCUT2D eigenvalue weighted by Gasteiger charge is 2.12. The molecular weight excluding hydrogens is 253 g/mol. The average molecular weight is 261 g/mol. The SMILES string of the molecule is COC(C#N)c1cc(Br)ccc1Cl. The summed E-state index contributed by atoms with van der Waals surface area (Å²) in [5.74, 6) is 0. The summed E-state index contributed by atoms with van der Waals surface area (Å²) in [4.78, 5) is 0. The lowest BCUT2D eigenvalue weighted by atomic mass is 10.1. The number of methoxy groups -OCH3 is 1. The van der Waals surface area contributed by atoms with Crippen molar-refractivity contribution in [1.29, 1.82) is 5.26 Å². The number of hydrogen-bond donors (Lipinski definition) is 0. The van der Waals surface area contributed by atoms with Gasteiger partial charge in [-0.05, 0) is 18.2 Å². The zero-order chi connectivity index (χ0) is 9.84. The fraction of sp³-hybridized carbons (Fsp3) is 0.222. The number of rotatable bonds is 2. The molecule has 13 heavy (non-hydrogen) atoms. The molecule has 2 nitrogen and oxygen atoms in total. The Morgan fingerprint density at radius 2 is 2.31 bits per heavy atom. The van der Waals surface area contributed by atoms with Crippen molar-refractivity contribution >= 4 is 27.5 Å². The molecule has 1 aromatic rings. The van der Waals surface area contributed by atoms with E-state index < -0.39 is 6.10 Å². The third-order valence-corrected chi connectivity index (χ3v) is 2.43. The topological polar surface area (TPSA) is 33.0 Å². The normalized spacial score (nSPS) is 12.2. The van der Waals surface area contributed by atoms with Gasteiger partial charge in [-0.15, -0.1) is 0 Å². The molecule has 0 radical (unpaired) electrons. The van der Waals surface area contributed by atoms with E-state index in [1.807, 2.05) is 12.1 Å². The lowest BCUT2D eigenvalue weighted by molar-refractivity contribution is 0.148. The van der Waals surface area contributed by atoms with Gasteiger partial charge in [0.15, 0.2) is 6.10 Å². The Bertz CT molecular complexity index is 348. The van der Waals surface area contributed by atoms with E-state index in [9.17, 15) is 0 Å². The minimum Gasteiger partial charge on any atom is -0.362 e. The summed E-state index contributed by atoms with van der Waals surface area (Å²) < 4.78 is 5.83. The molecule has 1 atom stereocenters. The zero-order valence-corrected chi connectivity index (χ0v) is 9.26. The average Bonchev–Trinajstić information content (AvgIpc) is 2.13. The summed E-state index contributed by atoms with van der Waals surface area (Å²) in [7, 11) is 1.48.